The first-order valence-electron chi connectivity index (χ1n) is 8.75. The van der Waals surface area contributed by atoms with Gasteiger partial charge in [-0.1, -0.05) is 28.1 Å². The van der Waals surface area contributed by atoms with Crippen molar-refractivity contribution < 1.29 is 19.0 Å². The van der Waals surface area contributed by atoms with E-state index in [9.17, 15) is 4.79 Å². The van der Waals surface area contributed by atoms with Crippen LogP contribution in [-0.4, -0.2) is 24.7 Å². The Hall–Kier alpha value is -2.38. The molecule has 0 unspecified atom stereocenters. The van der Waals surface area contributed by atoms with Crippen LogP contribution in [0.2, 0.25) is 0 Å². The van der Waals surface area contributed by atoms with Crippen molar-refractivity contribution in [2.45, 2.75) is 20.0 Å². The predicted molar refractivity (Wildman–Crippen MR) is 113 cm³/mol. The molecule has 1 aromatic heterocycles. The Balaban J connectivity index is 1.64. The maximum atomic E-state index is 12.3. The summed E-state index contributed by atoms with van der Waals surface area (Å²) in [5.41, 5.74) is 2.40. The Morgan fingerprint density at radius 2 is 2.00 bits per heavy atom. The smallest absolute Gasteiger partial charge is 0.312 e. The van der Waals surface area contributed by atoms with E-state index in [1.54, 1.807) is 7.11 Å². The van der Waals surface area contributed by atoms with Crippen LogP contribution in [0.5, 0.6) is 11.5 Å². The molecule has 0 saturated carbocycles. The van der Waals surface area contributed by atoms with E-state index in [4.69, 9.17) is 14.2 Å². The van der Waals surface area contributed by atoms with Crippen LogP contribution >= 0.6 is 27.3 Å². The van der Waals surface area contributed by atoms with Gasteiger partial charge in [-0.05, 0) is 37.3 Å². The average Bonchev–Trinajstić information content (AvgIpc) is 3.15. The number of carbonyl (C=O) groups is 1. The van der Waals surface area contributed by atoms with Crippen molar-refractivity contribution in [2.24, 2.45) is 0 Å². The molecule has 0 saturated heterocycles. The van der Waals surface area contributed by atoms with Gasteiger partial charge in [0.15, 0.2) is 0 Å². The quantitative estimate of drug-likeness (QED) is 0.427. The summed E-state index contributed by atoms with van der Waals surface area (Å²) in [6.45, 7) is 2.67. The molecule has 3 aromatic rings. The normalized spacial score (nSPS) is 10.5. The van der Waals surface area contributed by atoms with Crippen molar-refractivity contribution in [3.05, 3.63) is 63.6 Å². The van der Waals surface area contributed by atoms with E-state index in [1.807, 2.05) is 54.8 Å². The lowest BCUT2D eigenvalue weighted by Gasteiger charge is -2.09. The van der Waals surface area contributed by atoms with Gasteiger partial charge in [0, 0.05) is 15.4 Å². The summed E-state index contributed by atoms with van der Waals surface area (Å²) >= 11 is 4.90. The molecule has 0 spiro atoms. The zero-order valence-electron chi connectivity index (χ0n) is 15.6. The van der Waals surface area contributed by atoms with Crippen LogP contribution in [-0.2, 0) is 22.6 Å². The number of rotatable bonds is 8. The number of aromatic nitrogens is 1. The molecule has 7 heteroatoms. The molecule has 0 fully saturated rings. The van der Waals surface area contributed by atoms with Crippen molar-refractivity contribution in [2.75, 3.05) is 13.7 Å². The number of carbonyl (C=O) groups excluding carboxylic acids is 1. The Bertz CT molecular complexity index is 957. The second-order valence-corrected chi connectivity index (χ2v) is 7.64. The number of halogens is 1. The van der Waals surface area contributed by atoms with Gasteiger partial charge in [0.05, 0.1) is 31.4 Å². The highest BCUT2D eigenvalue weighted by atomic mass is 79.9. The molecule has 0 bridgehead atoms. The van der Waals surface area contributed by atoms with Crippen LogP contribution in [0, 0.1) is 0 Å². The van der Waals surface area contributed by atoms with Gasteiger partial charge in [-0.3, -0.25) is 4.79 Å². The Morgan fingerprint density at radius 3 is 2.79 bits per heavy atom. The maximum absolute atomic E-state index is 12.3. The molecule has 0 N–H and O–H groups in total. The number of nitrogens with zero attached hydrogens (tertiary/aromatic N) is 1. The van der Waals surface area contributed by atoms with Crippen LogP contribution in [0.15, 0.2) is 52.3 Å². The number of benzene rings is 2. The van der Waals surface area contributed by atoms with Gasteiger partial charge >= 0.3 is 5.97 Å². The average molecular weight is 462 g/mol. The first kappa shape index (κ1) is 20.4. The van der Waals surface area contributed by atoms with Gasteiger partial charge in [-0.15, -0.1) is 11.3 Å². The SMILES string of the molecule is CCOc1ccccc1-c1nc(CC(=O)OCc2cc(Br)ccc2OC)cs1. The monoisotopic (exact) mass is 461 g/mol. The van der Waals surface area contributed by atoms with E-state index < -0.39 is 0 Å². The van der Waals surface area contributed by atoms with Gasteiger partial charge in [0.25, 0.3) is 0 Å². The molecule has 5 nitrogen and oxygen atoms in total. The largest absolute Gasteiger partial charge is 0.496 e. The summed E-state index contributed by atoms with van der Waals surface area (Å²) in [5, 5.41) is 2.69. The Morgan fingerprint density at radius 1 is 1.18 bits per heavy atom. The van der Waals surface area contributed by atoms with E-state index >= 15 is 0 Å². The lowest BCUT2D eigenvalue weighted by atomic mass is 10.2. The second kappa shape index (κ2) is 9.71. The number of methoxy groups -OCH3 is 1. The Kier molecular flexibility index (Phi) is 7.06. The minimum absolute atomic E-state index is 0.115. The van der Waals surface area contributed by atoms with Crippen LogP contribution in [0.3, 0.4) is 0 Å². The highest BCUT2D eigenvalue weighted by Gasteiger charge is 2.14. The Labute approximate surface area is 176 Å². The second-order valence-electron chi connectivity index (χ2n) is 5.87. The fourth-order valence-electron chi connectivity index (χ4n) is 2.65. The van der Waals surface area contributed by atoms with Gasteiger partial charge in [-0.25, -0.2) is 4.98 Å². The third-order valence-corrected chi connectivity index (χ3v) is 5.34. The first-order valence-corrected chi connectivity index (χ1v) is 10.4. The van der Waals surface area contributed by atoms with Gasteiger partial charge in [0.1, 0.15) is 23.1 Å². The van der Waals surface area contributed by atoms with Gasteiger partial charge in [-0.2, -0.15) is 0 Å². The summed E-state index contributed by atoms with van der Waals surface area (Å²) in [6, 6.07) is 13.3. The molecule has 0 aliphatic carbocycles. The van der Waals surface area contributed by atoms with Crippen molar-refractivity contribution in [3.63, 3.8) is 0 Å². The molecular formula is C21H20BrNO4S. The molecule has 1 heterocycles. The molecule has 0 aliphatic heterocycles. The number of hydrogen-bond donors (Lipinski definition) is 0. The molecule has 0 aliphatic rings. The fraction of sp³-hybridized carbons (Fsp3) is 0.238. The summed E-state index contributed by atoms with van der Waals surface area (Å²) in [5.74, 6) is 1.13. The highest BCUT2D eigenvalue weighted by Crippen LogP contribution is 2.32. The third-order valence-electron chi connectivity index (χ3n) is 3.93. The minimum Gasteiger partial charge on any atom is -0.496 e. The van der Waals surface area contributed by atoms with E-state index in [2.05, 4.69) is 20.9 Å². The minimum atomic E-state index is -0.336. The predicted octanol–water partition coefficient (Wildman–Crippen LogP) is 5.27. The molecule has 146 valence electrons. The number of thiazole rings is 1. The number of para-hydroxylation sites is 1. The highest BCUT2D eigenvalue weighted by molar-refractivity contribution is 9.10. The topological polar surface area (TPSA) is 57.7 Å². The summed E-state index contributed by atoms with van der Waals surface area (Å²) < 4.78 is 17.3. The number of ether oxygens (including phenoxy) is 3. The van der Waals surface area contributed by atoms with E-state index in [1.165, 1.54) is 11.3 Å². The molecule has 0 amide bonds. The van der Waals surface area contributed by atoms with E-state index in [-0.39, 0.29) is 19.0 Å². The molecular weight excluding hydrogens is 442 g/mol. The van der Waals surface area contributed by atoms with Crippen molar-refractivity contribution in [3.8, 4) is 22.1 Å². The zero-order chi connectivity index (χ0) is 19.9. The summed E-state index contributed by atoms with van der Waals surface area (Å²) in [6.07, 6.45) is 0.115. The molecule has 2 aromatic carbocycles. The number of esters is 1. The summed E-state index contributed by atoms with van der Waals surface area (Å²) in [7, 11) is 1.59. The lowest BCUT2D eigenvalue weighted by molar-refractivity contribution is -0.144. The van der Waals surface area contributed by atoms with Crippen molar-refractivity contribution in [1.29, 1.82) is 0 Å². The van der Waals surface area contributed by atoms with Crippen LogP contribution in [0.1, 0.15) is 18.2 Å². The van der Waals surface area contributed by atoms with Crippen LogP contribution in [0.4, 0.5) is 0 Å². The van der Waals surface area contributed by atoms with Crippen molar-refractivity contribution >= 4 is 33.2 Å². The van der Waals surface area contributed by atoms with E-state index in [0.717, 1.165) is 26.4 Å². The van der Waals surface area contributed by atoms with Gasteiger partial charge < -0.3 is 14.2 Å². The molecule has 28 heavy (non-hydrogen) atoms. The first-order chi connectivity index (χ1) is 13.6. The van der Waals surface area contributed by atoms with Gasteiger partial charge in [0.2, 0.25) is 0 Å². The fourth-order valence-corrected chi connectivity index (χ4v) is 3.91. The van der Waals surface area contributed by atoms with Crippen molar-refractivity contribution in [1.82, 2.24) is 4.98 Å². The molecule has 3 rings (SSSR count). The number of hydrogen-bond acceptors (Lipinski definition) is 6. The summed E-state index contributed by atoms with van der Waals surface area (Å²) in [4.78, 5) is 16.8. The van der Waals surface area contributed by atoms with Crippen LogP contribution < -0.4 is 9.47 Å². The zero-order valence-corrected chi connectivity index (χ0v) is 18.0. The lowest BCUT2D eigenvalue weighted by Crippen LogP contribution is -2.09. The molecule has 0 radical (unpaired) electrons. The van der Waals surface area contributed by atoms with E-state index in [0.29, 0.717) is 18.1 Å². The van der Waals surface area contributed by atoms with Crippen LogP contribution in [0.25, 0.3) is 10.6 Å². The standard InChI is InChI=1S/C21H20BrNO4S/c1-3-26-19-7-5-4-6-17(19)21-23-16(13-28-21)11-20(24)27-12-14-10-15(22)8-9-18(14)25-2/h4-10,13H,3,11-12H2,1-2H3. The maximum Gasteiger partial charge on any atom is 0.312 e. The third kappa shape index (κ3) is 5.11. The molecule has 0 atom stereocenters.